The van der Waals surface area contributed by atoms with Crippen LogP contribution in [0, 0.1) is 0 Å². The molecule has 0 atom stereocenters. The smallest absolute Gasteiger partial charge is 0.239 e. The molecule has 7 heteroatoms. The van der Waals surface area contributed by atoms with Crippen molar-refractivity contribution in [1.82, 2.24) is 4.90 Å². The lowest BCUT2D eigenvalue weighted by Crippen LogP contribution is -2.53. The average Bonchev–Trinajstić information content (AvgIpc) is 3.29. The molecule has 2 aliphatic heterocycles. The first kappa shape index (κ1) is 19.5. The first-order chi connectivity index (χ1) is 14.0. The zero-order valence-electron chi connectivity index (χ0n) is 16.9. The highest BCUT2D eigenvalue weighted by molar-refractivity contribution is 7.92. The van der Waals surface area contributed by atoms with E-state index >= 15 is 0 Å². The molecule has 1 amide bonds. The summed E-state index contributed by atoms with van der Waals surface area (Å²) in [5, 5.41) is 2.63. The van der Waals surface area contributed by atoms with Gasteiger partial charge >= 0.3 is 0 Å². The summed E-state index contributed by atoms with van der Waals surface area (Å²) in [6, 6.07) is 2.77. The van der Waals surface area contributed by atoms with E-state index in [0.29, 0.717) is 18.9 Å². The quantitative estimate of drug-likeness (QED) is 0.790. The van der Waals surface area contributed by atoms with Crippen LogP contribution in [-0.2, 0) is 45.1 Å². The number of nitrogens with one attached hydrogen (secondary N) is 1. The van der Waals surface area contributed by atoms with Gasteiger partial charge in [-0.1, -0.05) is 6.07 Å². The summed E-state index contributed by atoms with van der Waals surface area (Å²) in [4.78, 5) is 15.1. The molecule has 0 radical (unpaired) electrons. The fourth-order valence-electron chi connectivity index (χ4n) is 5.48. The molecular weight excluding hydrogens is 388 g/mol. The number of hydrogen-bond donors (Lipinski definition) is 1. The van der Waals surface area contributed by atoms with Crippen molar-refractivity contribution in [3.63, 3.8) is 0 Å². The average molecular weight is 419 g/mol. The summed E-state index contributed by atoms with van der Waals surface area (Å²) < 4.78 is 31.1. The van der Waals surface area contributed by atoms with E-state index in [0.717, 1.165) is 70.5 Å². The van der Waals surface area contributed by atoms with E-state index in [1.807, 2.05) is 0 Å². The van der Waals surface area contributed by atoms with E-state index in [1.165, 1.54) is 22.3 Å². The Hall–Kier alpha value is -1.44. The molecule has 0 spiro atoms. The number of ether oxygens (including phenoxy) is 1. The van der Waals surface area contributed by atoms with Crippen molar-refractivity contribution in [1.29, 1.82) is 0 Å². The van der Waals surface area contributed by atoms with Gasteiger partial charge < -0.3 is 10.1 Å². The zero-order chi connectivity index (χ0) is 20.0. The van der Waals surface area contributed by atoms with Crippen LogP contribution in [-0.4, -0.2) is 62.6 Å². The second-order valence-electron chi connectivity index (χ2n) is 9.02. The first-order valence-corrected chi connectivity index (χ1v) is 12.7. The minimum atomic E-state index is -3.44. The van der Waals surface area contributed by atoms with Crippen molar-refractivity contribution < 1.29 is 17.9 Å². The van der Waals surface area contributed by atoms with Crippen molar-refractivity contribution in [2.24, 2.45) is 0 Å². The molecular formula is C22H30N2O4S. The van der Waals surface area contributed by atoms with Gasteiger partial charge in [0.25, 0.3) is 0 Å². The number of amides is 1. The van der Waals surface area contributed by atoms with Crippen LogP contribution < -0.4 is 5.32 Å². The Morgan fingerprint density at radius 3 is 2.21 bits per heavy atom. The Morgan fingerprint density at radius 2 is 1.66 bits per heavy atom. The third-order valence-corrected chi connectivity index (χ3v) is 9.34. The number of hydrogen-bond acceptors (Lipinski definition) is 5. The molecule has 2 aliphatic carbocycles. The minimum Gasteiger partial charge on any atom is -0.378 e. The van der Waals surface area contributed by atoms with Crippen LogP contribution in [0.2, 0.25) is 0 Å². The van der Waals surface area contributed by atoms with Crippen LogP contribution in [0.25, 0.3) is 0 Å². The van der Waals surface area contributed by atoms with E-state index < -0.39 is 20.8 Å². The molecule has 0 bridgehead atoms. The number of likely N-dealkylation sites (tertiary alicyclic amines) is 1. The van der Waals surface area contributed by atoms with Crippen LogP contribution in [0.4, 0.5) is 5.69 Å². The predicted octanol–water partition coefficient (Wildman–Crippen LogP) is 1.88. The summed E-state index contributed by atoms with van der Waals surface area (Å²) in [5.41, 5.74) is 6.11. The molecule has 5 rings (SSSR count). The highest BCUT2D eigenvalue weighted by atomic mass is 32.2. The molecule has 0 unspecified atom stereocenters. The van der Waals surface area contributed by atoms with E-state index in [-0.39, 0.29) is 5.91 Å². The van der Waals surface area contributed by atoms with Crippen LogP contribution >= 0.6 is 0 Å². The summed E-state index contributed by atoms with van der Waals surface area (Å²) in [6.45, 7) is 3.07. The molecule has 1 aromatic carbocycles. The van der Waals surface area contributed by atoms with Gasteiger partial charge in [-0.2, -0.15) is 0 Å². The Morgan fingerprint density at radius 1 is 1.03 bits per heavy atom. The van der Waals surface area contributed by atoms with Gasteiger partial charge in [0.2, 0.25) is 5.91 Å². The SMILES string of the molecule is O=C(CS(=O)(=O)C1CCN(C2COC2)CC1)Nc1c2c(cc3c1CCC3)CCC2. The van der Waals surface area contributed by atoms with Crippen molar-refractivity contribution in [2.45, 2.75) is 62.7 Å². The number of rotatable bonds is 5. The lowest BCUT2D eigenvalue weighted by atomic mass is 9.98. The van der Waals surface area contributed by atoms with Gasteiger partial charge in [-0.15, -0.1) is 0 Å². The van der Waals surface area contributed by atoms with Crippen LogP contribution in [0.5, 0.6) is 0 Å². The lowest BCUT2D eigenvalue weighted by molar-refractivity contribution is -0.113. The Balaban J connectivity index is 1.25. The molecule has 2 heterocycles. The van der Waals surface area contributed by atoms with E-state index in [4.69, 9.17) is 4.74 Å². The van der Waals surface area contributed by atoms with E-state index in [2.05, 4.69) is 16.3 Å². The highest BCUT2D eigenvalue weighted by Crippen LogP contribution is 2.38. The molecule has 2 fully saturated rings. The Labute approximate surface area is 172 Å². The molecule has 0 aromatic heterocycles. The summed E-state index contributed by atoms with van der Waals surface area (Å²) in [7, 11) is -3.44. The lowest BCUT2D eigenvalue weighted by Gasteiger charge is -2.41. The molecule has 1 aromatic rings. The third-order valence-electron chi connectivity index (χ3n) is 7.19. The largest absolute Gasteiger partial charge is 0.378 e. The van der Waals surface area contributed by atoms with Crippen molar-refractivity contribution in [3.8, 4) is 0 Å². The number of fused-ring (bicyclic) bond motifs is 2. The number of anilines is 1. The zero-order valence-corrected chi connectivity index (χ0v) is 17.7. The van der Waals surface area contributed by atoms with Gasteiger partial charge in [0.15, 0.2) is 9.84 Å². The topological polar surface area (TPSA) is 75.7 Å². The van der Waals surface area contributed by atoms with E-state index in [1.54, 1.807) is 0 Å². The molecule has 29 heavy (non-hydrogen) atoms. The van der Waals surface area contributed by atoms with Crippen LogP contribution in [0.15, 0.2) is 6.07 Å². The van der Waals surface area contributed by atoms with E-state index in [9.17, 15) is 13.2 Å². The summed E-state index contributed by atoms with van der Waals surface area (Å²) >= 11 is 0. The van der Waals surface area contributed by atoms with Crippen LogP contribution in [0.3, 0.4) is 0 Å². The maximum Gasteiger partial charge on any atom is 0.239 e. The maximum absolute atomic E-state index is 12.9. The van der Waals surface area contributed by atoms with Gasteiger partial charge in [0.05, 0.1) is 24.5 Å². The van der Waals surface area contributed by atoms with Gasteiger partial charge in [0.1, 0.15) is 5.75 Å². The monoisotopic (exact) mass is 418 g/mol. The molecule has 2 saturated heterocycles. The normalized spacial score (nSPS) is 22.9. The summed E-state index contributed by atoms with van der Waals surface area (Å²) in [5.74, 6) is -0.767. The van der Waals surface area contributed by atoms with Crippen molar-refractivity contribution >= 4 is 21.4 Å². The number of aryl methyl sites for hydroxylation is 2. The first-order valence-electron chi connectivity index (χ1n) is 11.0. The Bertz CT molecular complexity index is 883. The number of benzene rings is 1. The van der Waals surface area contributed by atoms with Gasteiger partial charge in [-0.25, -0.2) is 8.42 Å². The summed E-state index contributed by atoms with van der Waals surface area (Å²) in [6.07, 6.45) is 7.55. The van der Waals surface area contributed by atoms with Gasteiger partial charge in [-0.05, 0) is 86.7 Å². The second-order valence-corrected chi connectivity index (χ2v) is 11.3. The number of carbonyl (C=O) groups excluding carboxylic acids is 1. The molecule has 6 nitrogen and oxygen atoms in total. The predicted molar refractivity (Wildman–Crippen MR) is 112 cm³/mol. The molecule has 1 N–H and O–H groups in total. The molecule has 158 valence electrons. The van der Waals surface area contributed by atoms with Gasteiger partial charge in [0, 0.05) is 5.69 Å². The number of piperidine rings is 1. The fraction of sp³-hybridized carbons (Fsp3) is 0.682. The van der Waals surface area contributed by atoms with Crippen molar-refractivity contribution in [2.75, 3.05) is 37.4 Å². The standard InChI is InChI=1S/C22H30N2O4S/c25-21(14-29(26,27)18-7-9-24(10-8-18)17-12-28-13-17)23-22-19-5-1-3-15(19)11-16-4-2-6-20(16)22/h11,17-18H,1-10,12-14H2,(H,23,25). The third kappa shape index (κ3) is 3.73. The maximum atomic E-state index is 12.9. The molecule has 4 aliphatic rings. The number of sulfone groups is 1. The second kappa shape index (κ2) is 7.67. The minimum absolute atomic E-state index is 0.366. The molecule has 0 saturated carbocycles. The Kier molecular flexibility index (Phi) is 5.16. The van der Waals surface area contributed by atoms with Gasteiger partial charge in [-0.3, -0.25) is 9.69 Å². The fourth-order valence-corrected chi connectivity index (χ4v) is 7.08. The highest BCUT2D eigenvalue weighted by Gasteiger charge is 2.36. The van der Waals surface area contributed by atoms with Crippen LogP contribution in [0.1, 0.15) is 47.9 Å². The van der Waals surface area contributed by atoms with Crippen molar-refractivity contribution in [3.05, 3.63) is 28.3 Å². The number of nitrogens with zero attached hydrogens (tertiary/aromatic N) is 1. The number of carbonyl (C=O) groups is 1.